The van der Waals surface area contributed by atoms with Gasteiger partial charge in [-0.2, -0.15) is 0 Å². The van der Waals surface area contributed by atoms with Crippen molar-refractivity contribution < 1.29 is 19.4 Å². The Morgan fingerprint density at radius 1 is 1.29 bits per heavy atom. The fourth-order valence-electron chi connectivity index (χ4n) is 2.00. The number of ether oxygens (including phenoxy) is 2. The van der Waals surface area contributed by atoms with Gasteiger partial charge in [0.15, 0.2) is 11.5 Å². The third kappa shape index (κ3) is 5.55. The van der Waals surface area contributed by atoms with Gasteiger partial charge >= 0.3 is 5.97 Å². The van der Waals surface area contributed by atoms with Crippen LogP contribution >= 0.6 is 15.9 Å². The van der Waals surface area contributed by atoms with E-state index in [0.717, 1.165) is 10.0 Å². The van der Waals surface area contributed by atoms with Crippen LogP contribution in [0, 0.1) is 0 Å². The number of halogens is 1. The molecule has 6 heteroatoms. The molecule has 0 fully saturated rings. The summed E-state index contributed by atoms with van der Waals surface area (Å²) >= 11 is 3.49. The van der Waals surface area contributed by atoms with E-state index in [0.29, 0.717) is 37.6 Å². The lowest BCUT2D eigenvalue weighted by Gasteiger charge is -2.18. The SMILES string of the molecule is CCOc1cc(Br)c(C(N)CCCC(=O)O)cc1OCC. The van der Waals surface area contributed by atoms with Crippen molar-refractivity contribution in [1.82, 2.24) is 0 Å². The van der Waals surface area contributed by atoms with Gasteiger partial charge in [-0.1, -0.05) is 15.9 Å². The molecular weight excluding hydrogens is 338 g/mol. The molecule has 21 heavy (non-hydrogen) atoms. The lowest BCUT2D eigenvalue weighted by Crippen LogP contribution is -2.12. The summed E-state index contributed by atoms with van der Waals surface area (Å²) in [5.41, 5.74) is 7.05. The van der Waals surface area contributed by atoms with Crippen molar-refractivity contribution in [2.24, 2.45) is 5.73 Å². The molecule has 0 amide bonds. The van der Waals surface area contributed by atoms with Crippen molar-refractivity contribution in [2.45, 2.75) is 39.2 Å². The summed E-state index contributed by atoms with van der Waals surface area (Å²) in [5, 5.41) is 8.67. The van der Waals surface area contributed by atoms with Crippen LogP contribution in [0.25, 0.3) is 0 Å². The second-order valence-corrected chi connectivity index (χ2v) is 5.43. The van der Waals surface area contributed by atoms with Crippen LogP contribution in [0.3, 0.4) is 0 Å². The summed E-state index contributed by atoms with van der Waals surface area (Å²) in [6, 6.07) is 3.47. The van der Waals surface area contributed by atoms with Crippen LogP contribution in [0.2, 0.25) is 0 Å². The van der Waals surface area contributed by atoms with Crippen molar-refractivity contribution in [3.05, 3.63) is 22.2 Å². The molecule has 1 aromatic rings. The first-order chi connectivity index (χ1) is 9.99. The zero-order chi connectivity index (χ0) is 15.8. The Hall–Kier alpha value is -1.27. The van der Waals surface area contributed by atoms with E-state index in [4.69, 9.17) is 20.3 Å². The van der Waals surface area contributed by atoms with Gasteiger partial charge < -0.3 is 20.3 Å². The second-order valence-electron chi connectivity index (χ2n) is 4.58. The predicted molar refractivity (Wildman–Crippen MR) is 84.9 cm³/mol. The molecule has 0 aliphatic rings. The Kier molecular flexibility index (Phi) is 7.53. The highest BCUT2D eigenvalue weighted by Crippen LogP contribution is 2.37. The Bertz CT molecular complexity index is 479. The van der Waals surface area contributed by atoms with Gasteiger partial charge in [-0.25, -0.2) is 0 Å². The lowest BCUT2D eigenvalue weighted by molar-refractivity contribution is -0.137. The van der Waals surface area contributed by atoms with E-state index in [-0.39, 0.29) is 12.5 Å². The van der Waals surface area contributed by atoms with Gasteiger partial charge in [-0.05, 0) is 44.4 Å². The van der Waals surface area contributed by atoms with Gasteiger partial charge in [0.05, 0.1) is 13.2 Å². The van der Waals surface area contributed by atoms with Crippen LogP contribution < -0.4 is 15.2 Å². The van der Waals surface area contributed by atoms with Crippen LogP contribution in [0.4, 0.5) is 0 Å². The first kappa shape index (κ1) is 17.8. The first-order valence-corrected chi connectivity index (χ1v) is 7.85. The summed E-state index contributed by atoms with van der Waals surface area (Å²) in [4.78, 5) is 10.6. The number of nitrogens with two attached hydrogens (primary N) is 1. The van der Waals surface area contributed by atoms with Crippen LogP contribution in [0.5, 0.6) is 11.5 Å². The topological polar surface area (TPSA) is 81.8 Å². The van der Waals surface area contributed by atoms with Crippen molar-refractivity contribution in [3.63, 3.8) is 0 Å². The average Bonchev–Trinajstić information content (AvgIpc) is 2.41. The number of rotatable bonds is 9. The summed E-state index contributed by atoms with van der Waals surface area (Å²) in [7, 11) is 0. The Morgan fingerprint density at radius 2 is 1.86 bits per heavy atom. The summed E-state index contributed by atoms with van der Waals surface area (Å²) in [6.07, 6.45) is 1.27. The molecule has 1 rings (SSSR count). The van der Waals surface area contributed by atoms with Gasteiger partial charge in [0.25, 0.3) is 0 Å². The fourth-order valence-corrected chi connectivity index (χ4v) is 2.62. The molecule has 1 unspecified atom stereocenters. The maximum atomic E-state index is 10.6. The molecule has 0 heterocycles. The zero-order valence-electron chi connectivity index (χ0n) is 12.4. The van der Waals surface area contributed by atoms with E-state index in [9.17, 15) is 4.79 Å². The smallest absolute Gasteiger partial charge is 0.303 e. The van der Waals surface area contributed by atoms with Crippen LogP contribution in [0.15, 0.2) is 16.6 Å². The van der Waals surface area contributed by atoms with Crippen molar-refractivity contribution in [3.8, 4) is 11.5 Å². The number of benzene rings is 1. The molecule has 0 aromatic heterocycles. The summed E-state index contributed by atoms with van der Waals surface area (Å²) in [5.74, 6) is 0.530. The number of carbonyl (C=O) groups is 1. The maximum absolute atomic E-state index is 10.6. The van der Waals surface area contributed by atoms with Crippen LogP contribution in [-0.2, 0) is 4.79 Å². The normalized spacial score (nSPS) is 12.0. The fraction of sp³-hybridized carbons (Fsp3) is 0.533. The van der Waals surface area contributed by atoms with Gasteiger partial charge in [-0.15, -0.1) is 0 Å². The highest BCUT2D eigenvalue weighted by molar-refractivity contribution is 9.10. The van der Waals surface area contributed by atoms with Gasteiger partial charge in [0, 0.05) is 16.9 Å². The van der Waals surface area contributed by atoms with E-state index >= 15 is 0 Å². The predicted octanol–water partition coefficient (Wildman–Crippen LogP) is 3.50. The minimum absolute atomic E-state index is 0.126. The van der Waals surface area contributed by atoms with Gasteiger partial charge in [0.1, 0.15) is 0 Å². The largest absolute Gasteiger partial charge is 0.490 e. The summed E-state index contributed by atoms with van der Waals surface area (Å²) < 4.78 is 12.0. The van der Waals surface area contributed by atoms with Crippen LogP contribution in [-0.4, -0.2) is 24.3 Å². The van der Waals surface area contributed by atoms with Crippen molar-refractivity contribution in [2.75, 3.05) is 13.2 Å². The molecule has 0 bridgehead atoms. The quantitative estimate of drug-likeness (QED) is 0.704. The number of hydrogen-bond donors (Lipinski definition) is 2. The molecular formula is C15H22BrNO4. The molecule has 118 valence electrons. The molecule has 1 aromatic carbocycles. The third-order valence-corrected chi connectivity index (χ3v) is 3.65. The summed E-state index contributed by atoms with van der Waals surface area (Å²) in [6.45, 7) is 4.91. The highest BCUT2D eigenvalue weighted by Gasteiger charge is 2.16. The minimum Gasteiger partial charge on any atom is -0.490 e. The molecule has 0 spiro atoms. The maximum Gasteiger partial charge on any atom is 0.303 e. The molecule has 0 saturated heterocycles. The molecule has 0 saturated carbocycles. The van der Waals surface area contributed by atoms with Crippen LogP contribution in [0.1, 0.15) is 44.7 Å². The number of carboxylic acid groups (broad SMARTS) is 1. The van der Waals surface area contributed by atoms with Crippen molar-refractivity contribution >= 4 is 21.9 Å². The Morgan fingerprint density at radius 3 is 2.38 bits per heavy atom. The number of aliphatic carboxylic acids is 1. The Labute approximate surface area is 133 Å². The highest BCUT2D eigenvalue weighted by atomic mass is 79.9. The Balaban J connectivity index is 2.90. The molecule has 0 aliphatic heterocycles. The van der Waals surface area contributed by atoms with E-state index in [1.165, 1.54) is 0 Å². The van der Waals surface area contributed by atoms with Gasteiger partial charge in [0.2, 0.25) is 0 Å². The number of carboxylic acids is 1. The average molecular weight is 360 g/mol. The molecule has 1 atom stereocenters. The molecule has 0 aliphatic carbocycles. The molecule has 5 nitrogen and oxygen atoms in total. The standard InChI is InChI=1S/C15H22BrNO4/c1-3-20-13-8-10(11(16)9-14(13)21-4-2)12(17)6-5-7-15(18)19/h8-9,12H,3-7,17H2,1-2H3,(H,18,19). The van der Waals surface area contributed by atoms with Gasteiger partial charge in [-0.3, -0.25) is 4.79 Å². The number of hydrogen-bond acceptors (Lipinski definition) is 4. The third-order valence-electron chi connectivity index (χ3n) is 2.97. The molecule has 0 radical (unpaired) electrons. The zero-order valence-corrected chi connectivity index (χ0v) is 14.0. The van der Waals surface area contributed by atoms with E-state index in [1.54, 1.807) is 0 Å². The first-order valence-electron chi connectivity index (χ1n) is 7.06. The minimum atomic E-state index is -0.803. The van der Waals surface area contributed by atoms with E-state index < -0.39 is 5.97 Å². The van der Waals surface area contributed by atoms with E-state index in [2.05, 4.69) is 15.9 Å². The lowest BCUT2D eigenvalue weighted by atomic mass is 10.0. The van der Waals surface area contributed by atoms with E-state index in [1.807, 2.05) is 26.0 Å². The van der Waals surface area contributed by atoms with Crippen molar-refractivity contribution in [1.29, 1.82) is 0 Å². The second kappa shape index (κ2) is 8.89. The monoisotopic (exact) mass is 359 g/mol. The molecule has 3 N–H and O–H groups in total.